The van der Waals surface area contributed by atoms with E-state index in [1.54, 1.807) is 6.92 Å². The SMILES string of the molecule is CC(=O)N1CCc2nc(C3CCCCN3C(=O)CN3CCC(C)CC3)nc(N(C)C)c2C1. The Morgan fingerprint density at radius 2 is 1.78 bits per heavy atom. The molecule has 0 aromatic carbocycles. The largest absolute Gasteiger partial charge is 0.362 e. The van der Waals surface area contributed by atoms with Crippen LogP contribution in [0.1, 0.15) is 69.1 Å². The summed E-state index contributed by atoms with van der Waals surface area (Å²) in [5, 5.41) is 0. The zero-order valence-electron chi connectivity index (χ0n) is 20.1. The fraction of sp³-hybridized carbons (Fsp3) is 0.750. The highest BCUT2D eigenvalue weighted by atomic mass is 16.2. The fourth-order valence-electron chi connectivity index (χ4n) is 5.20. The van der Waals surface area contributed by atoms with Crippen molar-refractivity contribution in [3.05, 3.63) is 17.1 Å². The molecule has 0 bridgehead atoms. The molecule has 4 rings (SSSR count). The first-order chi connectivity index (χ1) is 15.3. The molecule has 1 atom stereocenters. The number of nitrogens with zero attached hydrogens (tertiary/aromatic N) is 6. The van der Waals surface area contributed by atoms with Crippen LogP contribution in [0.2, 0.25) is 0 Å². The Balaban J connectivity index is 1.57. The lowest BCUT2D eigenvalue weighted by Crippen LogP contribution is -2.46. The summed E-state index contributed by atoms with van der Waals surface area (Å²) < 4.78 is 0. The minimum absolute atomic E-state index is 0.0604. The summed E-state index contributed by atoms with van der Waals surface area (Å²) in [4.78, 5) is 43.4. The first-order valence-corrected chi connectivity index (χ1v) is 12.2. The Bertz CT molecular complexity index is 849. The number of likely N-dealkylation sites (tertiary alicyclic amines) is 2. The van der Waals surface area contributed by atoms with E-state index in [-0.39, 0.29) is 17.9 Å². The lowest BCUT2D eigenvalue weighted by atomic mass is 9.98. The molecule has 32 heavy (non-hydrogen) atoms. The zero-order valence-corrected chi connectivity index (χ0v) is 20.1. The summed E-state index contributed by atoms with van der Waals surface area (Å²) in [7, 11) is 3.97. The van der Waals surface area contributed by atoms with Crippen molar-refractivity contribution in [2.24, 2.45) is 5.92 Å². The van der Waals surface area contributed by atoms with Gasteiger partial charge < -0.3 is 14.7 Å². The molecule has 3 aliphatic rings. The van der Waals surface area contributed by atoms with Gasteiger partial charge in [0.2, 0.25) is 11.8 Å². The third-order valence-corrected chi connectivity index (χ3v) is 7.28. The molecule has 0 radical (unpaired) electrons. The van der Waals surface area contributed by atoms with Gasteiger partial charge in [0.25, 0.3) is 0 Å². The van der Waals surface area contributed by atoms with Gasteiger partial charge in [-0.15, -0.1) is 0 Å². The normalized spacial score (nSPS) is 22.6. The highest BCUT2D eigenvalue weighted by Gasteiger charge is 2.33. The zero-order chi connectivity index (χ0) is 22.8. The maximum absolute atomic E-state index is 13.3. The van der Waals surface area contributed by atoms with Gasteiger partial charge in [-0.05, 0) is 51.1 Å². The van der Waals surface area contributed by atoms with Gasteiger partial charge in [0.15, 0.2) is 5.82 Å². The van der Waals surface area contributed by atoms with Gasteiger partial charge in [-0.25, -0.2) is 9.97 Å². The lowest BCUT2D eigenvalue weighted by Gasteiger charge is -2.38. The van der Waals surface area contributed by atoms with Crippen molar-refractivity contribution >= 4 is 17.6 Å². The van der Waals surface area contributed by atoms with Crippen LogP contribution in [0.3, 0.4) is 0 Å². The summed E-state index contributed by atoms with van der Waals surface area (Å²) in [5.41, 5.74) is 2.07. The number of fused-ring (bicyclic) bond motifs is 1. The third kappa shape index (κ3) is 4.90. The number of anilines is 1. The van der Waals surface area contributed by atoms with E-state index in [4.69, 9.17) is 9.97 Å². The molecule has 1 aromatic rings. The molecule has 8 nitrogen and oxygen atoms in total. The van der Waals surface area contributed by atoms with Crippen LogP contribution in [0.25, 0.3) is 0 Å². The topological polar surface area (TPSA) is 72.9 Å². The fourth-order valence-corrected chi connectivity index (χ4v) is 5.20. The van der Waals surface area contributed by atoms with Gasteiger partial charge in [-0.3, -0.25) is 14.5 Å². The molecular formula is C24H38N6O2. The average Bonchev–Trinajstić information content (AvgIpc) is 2.79. The minimum Gasteiger partial charge on any atom is -0.362 e. The van der Waals surface area contributed by atoms with E-state index in [1.807, 2.05) is 28.8 Å². The number of piperidine rings is 2. The van der Waals surface area contributed by atoms with Gasteiger partial charge in [-0.2, -0.15) is 0 Å². The Kier molecular flexibility index (Phi) is 6.98. The van der Waals surface area contributed by atoms with Crippen molar-refractivity contribution < 1.29 is 9.59 Å². The number of hydrogen-bond acceptors (Lipinski definition) is 6. The van der Waals surface area contributed by atoms with Crippen molar-refractivity contribution in [3.63, 3.8) is 0 Å². The van der Waals surface area contributed by atoms with Gasteiger partial charge in [0.05, 0.1) is 24.8 Å². The van der Waals surface area contributed by atoms with Crippen molar-refractivity contribution in [3.8, 4) is 0 Å². The second kappa shape index (κ2) is 9.73. The maximum Gasteiger partial charge on any atom is 0.237 e. The Hall–Kier alpha value is -2.22. The number of aromatic nitrogens is 2. The van der Waals surface area contributed by atoms with Crippen LogP contribution in [0.5, 0.6) is 0 Å². The van der Waals surface area contributed by atoms with Crippen LogP contribution >= 0.6 is 0 Å². The molecule has 0 spiro atoms. The Labute approximate surface area is 192 Å². The molecular weight excluding hydrogens is 404 g/mol. The highest BCUT2D eigenvalue weighted by molar-refractivity contribution is 5.79. The molecule has 1 unspecified atom stereocenters. The predicted molar refractivity (Wildman–Crippen MR) is 124 cm³/mol. The standard InChI is InChI=1S/C24H38N6O2/c1-17-8-12-28(13-9-17)16-22(32)30-11-6-5-7-21(30)23-25-20-10-14-29(18(2)31)15-19(20)24(26-23)27(3)4/h17,21H,5-16H2,1-4H3. The summed E-state index contributed by atoms with van der Waals surface area (Å²) >= 11 is 0. The summed E-state index contributed by atoms with van der Waals surface area (Å²) in [6.07, 6.45) is 6.12. The van der Waals surface area contributed by atoms with E-state index in [0.717, 1.165) is 74.1 Å². The van der Waals surface area contributed by atoms with Crippen LogP contribution in [0, 0.1) is 5.92 Å². The number of rotatable bonds is 4. The molecule has 2 fully saturated rings. The third-order valence-electron chi connectivity index (χ3n) is 7.28. The van der Waals surface area contributed by atoms with E-state index < -0.39 is 0 Å². The lowest BCUT2D eigenvalue weighted by molar-refractivity contribution is -0.137. The van der Waals surface area contributed by atoms with Gasteiger partial charge in [-0.1, -0.05) is 6.92 Å². The molecule has 4 heterocycles. The van der Waals surface area contributed by atoms with Gasteiger partial charge >= 0.3 is 0 Å². The van der Waals surface area contributed by atoms with Crippen LogP contribution in [0.15, 0.2) is 0 Å². The summed E-state index contributed by atoms with van der Waals surface area (Å²) in [6, 6.07) is -0.0604. The van der Waals surface area contributed by atoms with Crippen molar-refractivity contribution in [1.82, 2.24) is 24.7 Å². The van der Waals surface area contributed by atoms with E-state index >= 15 is 0 Å². The van der Waals surface area contributed by atoms with Crippen molar-refractivity contribution in [2.75, 3.05) is 51.7 Å². The molecule has 8 heteroatoms. The van der Waals surface area contributed by atoms with E-state index in [0.29, 0.717) is 19.6 Å². The second-order valence-corrected chi connectivity index (χ2v) is 9.97. The van der Waals surface area contributed by atoms with E-state index in [1.165, 1.54) is 12.8 Å². The smallest absolute Gasteiger partial charge is 0.237 e. The van der Waals surface area contributed by atoms with Crippen LogP contribution in [-0.2, 0) is 22.6 Å². The first kappa shape index (κ1) is 23.0. The van der Waals surface area contributed by atoms with Crippen LogP contribution < -0.4 is 4.90 Å². The maximum atomic E-state index is 13.3. The number of amides is 2. The van der Waals surface area contributed by atoms with Crippen LogP contribution in [0.4, 0.5) is 5.82 Å². The Morgan fingerprint density at radius 1 is 1.03 bits per heavy atom. The van der Waals surface area contributed by atoms with E-state index in [2.05, 4.69) is 11.8 Å². The molecule has 0 N–H and O–H groups in total. The monoisotopic (exact) mass is 442 g/mol. The van der Waals surface area contributed by atoms with Gasteiger partial charge in [0, 0.05) is 46.1 Å². The molecule has 176 valence electrons. The highest BCUT2D eigenvalue weighted by Crippen LogP contribution is 2.33. The molecule has 2 amide bonds. The predicted octanol–water partition coefficient (Wildman–Crippen LogP) is 2.23. The quantitative estimate of drug-likeness (QED) is 0.712. The second-order valence-electron chi connectivity index (χ2n) is 9.97. The summed E-state index contributed by atoms with van der Waals surface area (Å²) in [5.74, 6) is 2.69. The van der Waals surface area contributed by atoms with Crippen molar-refractivity contribution in [2.45, 2.75) is 65.0 Å². The van der Waals surface area contributed by atoms with Crippen molar-refractivity contribution in [1.29, 1.82) is 0 Å². The molecule has 0 aliphatic carbocycles. The number of hydrogen-bond donors (Lipinski definition) is 0. The average molecular weight is 443 g/mol. The minimum atomic E-state index is -0.0604. The number of carbonyl (C=O) groups excluding carboxylic acids is 2. The first-order valence-electron chi connectivity index (χ1n) is 12.2. The molecule has 0 saturated carbocycles. The Morgan fingerprint density at radius 3 is 2.47 bits per heavy atom. The van der Waals surface area contributed by atoms with Crippen LogP contribution in [-0.4, -0.2) is 83.3 Å². The summed E-state index contributed by atoms with van der Waals surface area (Å²) in [6.45, 7) is 8.46. The molecule has 3 aliphatic heterocycles. The van der Waals surface area contributed by atoms with Gasteiger partial charge in [0.1, 0.15) is 5.82 Å². The number of carbonyl (C=O) groups is 2. The van der Waals surface area contributed by atoms with E-state index in [9.17, 15) is 9.59 Å². The molecule has 2 saturated heterocycles. The molecule has 1 aromatic heterocycles.